The Labute approximate surface area is 79.1 Å². The number of benzene rings is 1. The number of hydrogen-bond donors (Lipinski definition) is 0. The second-order valence-corrected chi connectivity index (χ2v) is 2.97. The van der Waals surface area contributed by atoms with Gasteiger partial charge in [0.05, 0.1) is 0 Å². The quantitative estimate of drug-likeness (QED) is 0.506. The first-order valence-corrected chi connectivity index (χ1v) is 4.51. The van der Waals surface area contributed by atoms with Crippen molar-refractivity contribution in [3.05, 3.63) is 48.0 Å². The van der Waals surface area contributed by atoms with Crippen LogP contribution in [-0.2, 0) is 6.42 Å². The minimum Gasteiger partial charge on any atom is -0.294 e. The number of hydrogen-bond acceptors (Lipinski definition) is 1. The lowest BCUT2D eigenvalue weighted by molar-refractivity contribution is 0.0988. The number of rotatable bonds is 4. The van der Waals surface area contributed by atoms with Crippen molar-refractivity contribution >= 4 is 5.78 Å². The molecule has 1 aromatic rings. The zero-order chi connectivity index (χ0) is 9.68. The topological polar surface area (TPSA) is 17.1 Å². The van der Waals surface area contributed by atoms with Gasteiger partial charge in [-0.15, -0.1) is 6.58 Å². The molecule has 0 fully saturated rings. The lowest BCUT2D eigenvalue weighted by atomic mass is 10.1. The number of allylic oxidation sites excluding steroid dienone is 1. The van der Waals surface area contributed by atoms with Crippen LogP contribution < -0.4 is 0 Å². The van der Waals surface area contributed by atoms with E-state index in [2.05, 4.69) is 6.58 Å². The third-order valence-corrected chi connectivity index (χ3v) is 1.98. The van der Waals surface area contributed by atoms with Crippen molar-refractivity contribution < 1.29 is 4.79 Å². The Kier molecular flexibility index (Phi) is 3.44. The van der Waals surface area contributed by atoms with E-state index < -0.39 is 0 Å². The Bertz CT molecular complexity index is 295. The van der Waals surface area contributed by atoms with Gasteiger partial charge in [0.25, 0.3) is 0 Å². The van der Waals surface area contributed by atoms with E-state index in [-0.39, 0.29) is 5.78 Å². The van der Waals surface area contributed by atoms with Gasteiger partial charge in [-0.25, -0.2) is 0 Å². The Balaban J connectivity index is 2.80. The van der Waals surface area contributed by atoms with E-state index in [1.165, 1.54) is 5.56 Å². The number of Topliss-reactive ketones (excluding diaryl/α,β-unsaturated/α-hetero) is 1. The normalized spacial score (nSPS) is 9.62. The molecule has 13 heavy (non-hydrogen) atoms. The van der Waals surface area contributed by atoms with E-state index >= 15 is 0 Å². The molecule has 1 aromatic carbocycles. The van der Waals surface area contributed by atoms with E-state index in [1.54, 1.807) is 0 Å². The molecule has 0 atom stereocenters. The van der Waals surface area contributed by atoms with Crippen molar-refractivity contribution in [2.45, 2.75) is 19.8 Å². The van der Waals surface area contributed by atoms with Crippen molar-refractivity contribution in [2.75, 3.05) is 0 Å². The highest BCUT2D eigenvalue weighted by Gasteiger charge is 2.01. The van der Waals surface area contributed by atoms with E-state index in [1.807, 2.05) is 37.3 Å². The molecular formula is C12H14O. The van der Waals surface area contributed by atoms with Crippen LogP contribution in [0.5, 0.6) is 0 Å². The highest BCUT2D eigenvalue weighted by atomic mass is 16.1. The van der Waals surface area contributed by atoms with Gasteiger partial charge in [-0.1, -0.05) is 37.3 Å². The first kappa shape index (κ1) is 9.72. The molecule has 0 aromatic heterocycles. The Morgan fingerprint density at radius 2 is 2.00 bits per heavy atom. The zero-order valence-corrected chi connectivity index (χ0v) is 7.92. The molecular weight excluding hydrogens is 160 g/mol. The molecule has 0 amide bonds. The van der Waals surface area contributed by atoms with E-state index in [4.69, 9.17) is 0 Å². The first-order valence-electron chi connectivity index (χ1n) is 4.51. The van der Waals surface area contributed by atoms with Crippen molar-refractivity contribution in [1.29, 1.82) is 0 Å². The van der Waals surface area contributed by atoms with Gasteiger partial charge >= 0.3 is 0 Å². The van der Waals surface area contributed by atoms with Crippen LogP contribution in [0.1, 0.15) is 29.3 Å². The molecule has 1 rings (SSSR count). The summed E-state index contributed by atoms with van der Waals surface area (Å²) in [5.74, 6) is 0.199. The maximum Gasteiger partial charge on any atom is 0.162 e. The number of carbonyl (C=O) groups excluding carboxylic acids is 1. The maximum atomic E-state index is 11.3. The summed E-state index contributed by atoms with van der Waals surface area (Å²) in [6, 6.07) is 7.71. The first-order chi connectivity index (χ1) is 6.27. The van der Waals surface area contributed by atoms with Crippen molar-refractivity contribution in [3.63, 3.8) is 0 Å². The van der Waals surface area contributed by atoms with Crippen LogP contribution in [0, 0.1) is 0 Å². The molecule has 1 nitrogen and oxygen atoms in total. The molecule has 0 spiro atoms. The van der Waals surface area contributed by atoms with Crippen molar-refractivity contribution in [1.82, 2.24) is 0 Å². The van der Waals surface area contributed by atoms with Gasteiger partial charge < -0.3 is 0 Å². The summed E-state index contributed by atoms with van der Waals surface area (Å²) in [6.45, 7) is 5.54. The van der Waals surface area contributed by atoms with Gasteiger partial charge in [0.1, 0.15) is 0 Å². The molecule has 0 heterocycles. The fraction of sp³-hybridized carbons (Fsp3) is 0.250. The Morgan fingerprint density at radius 1 is 1.38 bits per heavy atom. The second kappa shape index (κ2) is 4.61. The minimum absolute atomic E-state index is 0.199. The molecule has 0 radical (unpaired) electrons. The summed E-state index contributed by atoms with van der Waals surface area (Å²) in [4.78, 5) is 11.3. The van der Waals surface area contributed by atoms with Crippen molar-refractivity contribution in [2.24, 2.45) is 0 Å². The van der Waals surface area contributed by atoms with E-state index in [0.717, 1.165) is 12.0 Å². The average molecular weight is 174 g/mol. The van der Waals surface area contributed by atoms with Gasteiger partial charge in [0, 0.05) is 12.0 Å². The molecule has 0 aliphatic rings. The van der Waals surface area contributed by atoms with Crippen LogP contribution in [-0.4, -0.2) is 5.78 Å². The fourth-order valence-corrected chi connectivity index (χ4v) is 1.20. The standard InChI is InChI=1S/C12H14O/c1-3-5-10-6-8-11(9-7-10)12(13)4-2/h3,6-9H,1,4-5H2,2H3. The molecule has 0 unspecified atom stereocenters. The zero-order valence-electron chi connectivity index (χ0n) is 7.92. The Morgan fingerprint density at radius 3 is 2.46 bits per heavy atom. The van der Waals surface area contributed by atoms with Crippen LogP contribution in [0.2, 0.25) is 0 Å². The summed E-state index contributed by atoms with van der Waals surface area (Å²) < 4.78 is 0. The average Bonchev–Trinajstić information content (AvgIpc) is 2.18. The largest absolute Gasteiger partial charge is 0.294 e. The lowest BCUT2D eigenvalue weighted by Gasteiger charge is -1.99. The minimum atomic E-state index is 0.199. The monoisotopic (exact) mass is 174 g/mol. The number of carbonyl (C=O) groups is 1. The van der Waals surface area contributed by atoms with Gasteiger partial charge in [-0.2, -0.15) is 0 Å². The number of ketones is 1. The van der Waals surface area contributed by atoms with Gasteiger partial charge in [-0.05, 0) is 12.0 Å². The molecule has 0 saturated carbocycles. The summed E-state index contributed by atoms with van der Waals surface area (Å²) in [5.41, 5.74) is 2.00. The van der Waals surface area contributed by atoms with Gasteiger partial charge in [0.15, 0.2) is 5.78 Å². The smallest absolute Gasteiger partial charge is 0.162 e. The SMILES string of the molecule is C=CCc1ccc(C(=O)CC)cc1. The molecule has 0 aliphatic carbocycles. The van der Waals surface area contributed by atoms with E-state index in [9.17, 15) is 4.79 Å². The summed E-state index contributed by atoms with van der Waals surface area (Å²) in [5, 5.41) is 0. The molecule has 0 N–H and O–H groups in total. The van der Waals surface area contributed by atoms with Gasteiger partial charge in [-0.3, -0.25) is 4.79 Å². The third kappa shape index (κ3) is 2.55. The summed E-state index contributed by atoms with van der Waals surface area (Å²) in [7, 11) is 0. The van der Waals surface area contributed by atoms with Crippen molar-refractivity contribution in [3.8, 4) is 0 Å². The highest BCUT2D eigenvalue weighted by Crippen LogP contribution is 2.07. The molecule has 68 valence electrons. The second-order valence-electron chi connectivity index (χ2n) is 2.97. The Hall–Kier alpha value is -1.37. The fourth-order valence-electron chi connectivity index (χ4n) is 1.20. The van der Waals surface area contributed by atoms with Gasteiger partial charge in [0.2, 0.25) is 0 Å². The molecule has 0 aliphatic heterocycles. The van der Waals surface area contributed by atoms with Crippen LogP contribution in [0.15, 0.2) is 36.9 Å². The van der Waals surface area contributed by atoms with Crippen LogP contribution >= 0.6 is 0 Å². The van der Waals surface area contributed by atoms with Crippen LogP contribution in [0.4, 0.5) is 0 Å². The highest BCUT2D eigenvalue weighted by molar-refractivity contribution is 5.95. The molecule has 0 bridgehead atoms. The molecule has 0 saturated heterocycles. The molecule has 1 heteroatoms. The van der Waals surface area contributed by atoms with Crippen LogP contribution in [0.25, 0.3) is 0 Å². The lowest BCUT2D eigenvalue weighted by Crippen LogP contribution is -1.95. The summed E-state index contributed by atoms with van der Waals surface area (Å²) in [6.07, 6.45) is 3.29. The third-order valence-electron chi connectivity index (χ3n) is 1.98. The predicted molar refractivity (Wildman–Crippen MR) is 55.0 cm³/mol. The van der Waals surface area contributed by atoms with Crippen LogP contribution in [0.3, 0.4) is 0 Å². The summed E-state index contributed by atoms with van der Waals surface area (Å²) >= 11 is 0. The van der Waals surface area contributed by atoms with E-state index in [0.29, 0.717) is 6.42 Å². The maximum absolute atomic E-state index is 11.3. The predicted octanol–water partition coefficient (Wildman–Crippen LogP) is 3.01.